The molecule has 0 N–H and O–H groups in total. The van der Waals surface area contributed by atoms with Crippen LogP contribution in [0, 0.1) is 24.7 Å². The molecule has 0 heterocycles. The van der Waals surface area contributed by atoms with E-state index in [2.05, 4.69) is 45.0 Å². The molecule has 1 aromatic carbocycles. The molecule has 1 saturated carbocycles. The Kier molecular flexibility index (Phi) is 3.13. The molecule has 0 spiro atoms. The van der Waals surface area contributed by atoms with Gasteiger partial charge < -0.3 is 4.79 Å². The molecule has 1 aliphatic carbocycles. The molecule has 0 aliphatic heterocycles. The fraction of sp³-hybridized carbons (Fsp3) is 0.533. The Morgan fingerprint density at radius 3 is 2.25 bits per heavy atom. The summed E-state index contributed by atoms with van der Waals surface area (Å²) in [5.41, 5.74) is 2.70. The van der Waals surface area contributed by atoms with E-state index in [1.807, 2.05) is 0 Å². The van der Waals surface area contributed by atoms with Gasteiger partial charge in [-0.05, 0) is 36.7 Å². The van der Waals surface area contributed by atoms with Gasteiger partial charge in [0.1, 0.15) is 6.29 Å². The predicted octanol–water partition coefficient (Wildman–Crippen LogP) is 3.57. The first-order valence-corrected chi connectivity index (χ1v) is 6.15. The van der Waals surface area contributed by atoms with Crippen LogP contribution in [-0.4, -0.2) is 6.29 Å². The van der Waals surface area contributed by atoms with Gasteiger partial charge in [0, 0.05) is 5.92 Å². The van der Waals surface area contributed by atoms with E-state index in [0.29, 0.717) is 17.8 Å². The molecule has 0 radical (unpaired) electrons. The highest BCUT2D eigenvalue weighted by Gasteiger charge is 2.38. The van der Waals surface area contributed by atoms with E-state index in [1.165, 1.54) is 11.1 Å². The van der Waals surface area contributed by atoms with E-state index in [-0.39, 0.29) is 5.92 Å². The van der Waals surface area contributed by atoms with Crippen molar-refractivity contribution in [2.45, 2.75) is 33.1 Å². The molecule has 2 rings (SSSR count). The minimum Gasteiger partial charge on any atom is -0.303 e. The van der Waals surface area contributed by atoms with Crippen LogP contribution < -0.4 is 0 Å². The molecule has 1 fully saturated rings. The fourth-order valence-electron chi connectivity index (χ4n) is 2.91. The van der Waals surface area contributed by atoms with Gasteiger partial charge in [0.05, 0.1) is 0 Å². The monoisotopic (exact) mass is 216 g/mol. The van der Waals surface area contributed by atoms with Crippen molar-refractivity contribution in [3.63, 3.8) is 0 Å². The van der Waals surface area contributed by atoms with E-state index in [4.69, 9.17) is 0 Å². The second-order valence-electron chi connectivity index (χ2n) is 5.27. The van der Waals surface area contributed by atoms with Crippen LogP contribution in [0.3, 0.4) is 0 Å². The smallest absolute Gasteiger partial charge is 0.123 e. The zero-order valence-electron chi connectivity index (χ0n) is 10.3. The summed E-state index contributed by atoms with van der Waals surface area (Å²) in [5, 5.41) is 0. The molecule has 1 heteroatoms. The van der Waals surface area contributed by atoms with Crippen LogP contribution in [0.5, 0.6) is 0 Å². The van der Waals surface area contributed by atoms with E-state index in [9.17, 15) is 4.79 Å². The lowest BCUT2D eigenvalue weighted by Crippen LogP contribution is -2.11. The number of rotatable bonds is 2. The highest BCUT2D eigenvalue weighted by atomic mass is 16.1. The lowest BCUT2D eigenvalue weighted by molar-refractivity contribution is -0.112. The summed E-state index contributed by atoms with van der Waals surface area (Å²) in [6.45, 7) is 6.59. The van der Waals surface area contributed by atoms with Gasteiger partial charge in [-0.25, -0.2) is 0 Å². The summed E-state index contributed by atoms with van der Waals surface area (Å²) < 4.78 is 0. The molecule has 1 nitrogen and oxygen atoms in total. The second-order valence-corrected chi connectivity index (χ2v) is 5.27. The molecular formula is C15H20O. The number of aldehydes is 1. The van der Waals surface area contributed by atoms with Gasteiger partial charge in [0.2, 0.25) is 0 Å². The zero-order valence-corrected chi connectivity index (χ0v) is 10.3. The van der Waals surface area contributed by atoms with Crippen LogP contribution in [0.25, 0.3) is 0 Å². The Morgan fingerprint density at radius 2 is 1.75 bits per heavy atom. The highest BCUT2D eigenvalue weighted by Crippen LogP contribution is 2.45. The highest BCUT2D eigenvalue weighted by molar-refractivity contribution is 5.55. The molecule has 1 aliphatic rings. The quantitative estimate of drug-likeness (QED) is 0.691. The molecule has 0 bridgehead atoms. The molecule has 0 saturated heterocycles. The summed E-state index contributed by atoms with van der Waals surface area (Å²) in [7, 11) is 0. The van der Waals surface area contributed by atoms with Crippen LogP contribution in [-0.2, 0) is 4.79 Å². The normalized spacial score (nSPS) is 33.9. The van der Waals surface area contributed by atoms with Gasteiger partial charge >= 0.3 is 0 Å². The topological polar surface area (TPSA) is 17.1 Å². The van der Waals surface area contributed by atoms with E-state index in [1.54, 1.807) is 0 Å². The maximum absolute atomic E-state index is 11.0. The second kappa shape index (κ2) is 4.40. The Labute approximate surface area is 97.9 Å². The minimum atomic E-state index is 0.251. The largest absolute Gasteiger partial charge is 0.303 e. The van der Waals surface area contributed by atoms with Crippen LogP contribution in [0.1, 0.15) is 37.3 Å². The number of carbonyl (C=O) groups excluding carboxylic acids is 1. The number of carbonyl (C=O) groups is 1. The molecule has 3 unspecified atom stereocenters. The average Bonchev–Trinajstić information content (AvgIpc) is 2.57. The maximum Gasteiger partial charge on any atom is 0.123 e. The number of benzene rings is 1. The van der Waals surface area contributed by atoms with Crippen molar-refractivity contribution in [1.82, 2.24) is 0 Å². The van der Waals surface area contributed by atoms with Crippen LogP contribution in [0.15, 0.2) is 24.3 Å². The summed E-state index contributed by atoms with van der Waals surface area (Å²) in [4.78, 5) is 11.0. The van der Waals surface area contributed by atoms with E-state index < -0.39 is 0 Å². The average molecular weight is 216 g/mol. The Hall–Kier alpha value is -1.11. The first-order valence-electron chi connectivity index (χ1n) is 6.15. The molecule has 1 aromatic rings. The van der Waals surface area contributed by atoms with Crippen LogP contribution >= 0.6 is 0 Å². The zero-order chi connectivity index (χ0) is 11.7. The lowest BCUT2D eigenvalue weighted by Gasteiger charge is -2.18. The third-order valence-corrected chi connectivity index (χ3v) is 4.35. The Morgan fingerprint density at radius 1 is 1.12 bits per heavy atom. The molecular weight excluding hydrogens is 196 g/mol. The maximum atomic E-state index is 11.0. The van der Waals surface area contributed by atoms with Crippen molar-refractivity contribution in [2.24, 2.45) is 17.8 Å². The van der Waals surface area contributed by atoms with Crippen molar-refractivity contribution in [3.05, 3.63) is 35.4 Å². The van der Waals surface area contributed by atoms with E-state index >= 15 is 0 Å². The number of hydrogen-bond donors (Lipinski definition) is 0. The summed E-state index contributed by atoms with van der Waals surface area (Å²) in [5.74, 6) is 1.94. The Bertz CT molecular complexity index is 366. The molecule has 16 heavy (non-hydrogen) atoms. The van der Waals surface area contributed by atoms with Gasteiger partial charge in [0.25, 0.3) is 0 Å². The van der Waals surface area contributed by atoms with Crippen molar-refractivity contribution in [1.29, 1.82) is 0 Å². The van der Waals surface area contributed by atoms with Gasteiger partial charge in [-0.15, -0.1) is 0 Å². The van der Waals surface area contributed by atoms with Crippen molar-refractivity contribution >= 4 is 6.29 Å². The van der Waals surface area contributed by atoms with Crippen molar-refractivity contribution in [3.8, 4) is 0 Å². The number of hydrogen-bond acceptors (Lipinski definition) is 1. The molecule has 0 amide bonds. The van der Waals surface area contributed by atoms with Crippen LogP contribution in [0.4, 0.5) is 0 Å². The van der Waals surface area contributed by atoms with Crippen molar-refractivity contribution in [2.75, 3.05) is 0 Å². The van der Waals surface area contributed by atoms with E-state index in [0.717, 1.165) is 12.7 Å². The Balaban J connectivity index is 2.22. The predicted molar refractivity (Wildman–Crippen MR) is 66.4 cm³/mol. The van der Waals surface area contributed by atoms with Gasteiger partial charge in [0.15, 0.2) is 0 Å². The summed E-state index contributed by atoms with van der Waals surface area (Å²) in [6, 6.07) is 8.77. The third kappa shape index (κ3) is 1.91. The fourth-order valence-corrected chi connectivity index (χ4v) is 2.91. The summed E-state index contributed by atoms with van der Waals surface area (Å²) >= 11 is 0. The molecule has 86 valence electrons. The van der Waals surface area contributed by atoms with Crippen molar-refractivity contribution < 1.29 is 4.79 Å². The van der Waals surface area contributed by atoms with Crippen LogP contribution in [0.2, 0.25) is 0 Å². The third-order valence-electron chi connectivity index (χ3n) is 4.35. The standard InChI is InChI=1S/C15H20O/c1-10-4-6-13(7-5-10)15-8-14(9-16)11(2)12(15)3/h4-7,9,11-12,14-15H,8H2,1-3H3/t11?,12-,14?,15?/m1/s1. The summed E-state index contributed by atoms with van der Waals surface area (Å²) in [6.07, 6.45) is 2.17. The van der Waals surface area contributed by atoms with Gasteiger partial charge in [-0.2, -0.15) is 0 Å². The minimum absolute atomic E-state index is 0.251. The first kappa shape index (κ1) is 11.4. The number of aryl methyl sites for hydroxylation is 1. The SMILES string of the molecule is Cc1ccc(C2CC(C=O)C(C)[C@H]2C)cc1. The van der Waals surface area contributed by atoms with Gasteiger partial charge in [-0.3, -0.25) is 0 Å². The molecule has 0 aromatic heterocycles. The molecule has 4 atom stereocenters. The lowest BCUT2D eigenvalue weighted by atomic mass is 9.86. The van der Waals surface area contributed by atoms with Gasteiger partial charge in [-0.1, -0.05) is 43.7 Å². The first-order chi connectivity index (χ1) is 7.63.